The van der Waals surface area contributed by atoms with Crippen molar-refractivity contribution < 1.29 is 14.7 Å². The van der Waals surface area contributed by atoms with Crippen LogP contribution in [0.25, 0.3) is 0 Å². The van der Waals surface area contributed by atoms with Gasteiger partial charge in [-0.15, -0.1) is 0 Å². The van der Waals surface area contributed by atoms with Crippen molar-refractivity contribution in [3.8, 4) is 0 Å². The van der Waals surface area contributed by atoms with Crippen molar-refractivity contribution in [1.29, 1.82) is 0 Å². The smallest absolute Gasteiger partial charge is 0.317 e. The van der Waals surface area contributed by atoms with Crippen LogP contribution in [0.3, 0.4) is 0 Å². The Balaban J connectivity index is 2.50. The molecule has 5 heteroatoms. The van der Waals surface area contributed by atoms with Crippen molar-refractivity contribution in [3.05, 3.63) is 0 Å². The van der Waals surface area contributed by atoms with Crippen molar-refractivity contribution in [2.75, 3.05) is 13.6 Å². The zero-order valence-electron chi connectivity index (χ0n) is 14.0. The fraction of sp³-hybridized carbons (Fsp3) is 0.875. The second kappa shape index (κ2) is 6.67. The number of carbonyl (C=O) groups is 2. The summed E-state index contributed by atoms with van der Waals surface area (Å²) in [6.07, 6.45) is 4.76. The lowest BCUT2D eigenvalue weighted by Gasteiger charge is -2.38. The Bertz CT molecular complexity index is 385. The van der Waals surface area contributed by atoms with Crippen molar-refractivity contribution in [2.24, 2.45) is 10.8 Å². The van der Waals surface area contributed by atoms with Gasteiger partial charge in [-0.05, 0) is 44.4 Å². The van der Waals surface area contributed by atoms with E-state index < -0.39 is 11.4 Å². The molecule has 0 heterocycles. The molecule has 0 saturated heterocycles. The van der Waals surface area contributed by atoms with Gasteiger partial charge in [0.05, 0.1) is 5.41 Å². The molecule has 1 saturated carbocycles. The Morgan fingerprint density at radius 1 is 1.33 bits per heavy atom. The van der Waals surface area contributed by atoms with Crippen LogP contribution in [0.4, 0.5) is 4.79 Å². The number of nitrogens with one attached hydrogen (secondary N) is 1. The summed E-state index contributed by atoms with van der Waals surface area (Å²) in [5.74, 6) is -0.868. The first-order valence-corrected chi connectivity index (χ1v) is 7.85. The first kappa shape index (κ1) is 17.8. The summed E-state index contributed by atoms with van der Waals surface area (Å²) in [6, 6.07) is 0.0939. The molecule has 1 rings (SSSR count). The lowest BCUT2D eigenvalue weighted by Crippen LogP contribution is -2.49. The Hall–Kier alpha value is -1.26. The van der Waals surface area contributed by atoms with Gasteiger partial charge in [0.1, 0.15) is 0 Å². The van der Waals surface area contributed by atoms with Crippen LogP contribution in [0.1, 0.15) is 59.8 Å². The van der Waals surface area contributed by atoms with E-state index in [2.05, 4.69) is 19.2 Å². The minimum Gasteiger partial charge on any atom is -0.481 e. The van der Waals surface area contributed by atoms with Crippen LogP contribution in [0.2, 0.25) is 0 Å². The molecule has 21 heavy (non-hydrogen) atoms. The van der Waals surface area contributed by atoms with E-state index in [1.807, 2.05) is 14.0 Å². The molecule has 0 bridgehead atoms. The van der Waals surface area contributed by atoms with E-state index in [1.54, 1.807) is 11.8 Å². The minimum absolute atomic E-state index is 0.166. The molecule has 1 unspecified atom stereocenters. The molecule has 122 valence electrons. The second-order valence-electron chi connectivity index (χ2n) is 7.38. The number of carboxylic acid groups (broad SMARTS) is 1. The van der Waals surface area contributed by atoms with Gasteiger partial charge in [-0.1, -0.05) is 20.8 Å². The summed E-state index contributed by atoms with van der Waals surface area (Å²) in [7, 11) is 1.81. The molecule has 0 aromatic carbocycles. The zero-order valence-corrected chi connectivity index (χ0v) is 14.0. The van der Waals surface area contributed by atoms with Gasteiger partial charge in [0.25, 0.3) is 0 Å². The fourth-order valence-electron chi connectivity index (χ4n) is 2.68. The second-order valence-corrected chi connectivity index (χ2v) is 7.38. The maximum Gasteiger partial charge on any atom is 0.317 e. The monoisotopic (exact) mass is 298 g/mol. The van der Waals surface area contributed by atoms with E-state index in [9.17, 15) is 14.7 Å². The number of urea groups is 1. The summed E-state index contributed by atoms with van der Waals surface area (Å²) >= 11 is 0. The third-order valence-corrected chi connectivity index (χ3v) is 5.10. The number of amides is 2. The highest BCUT2D eigenvalue weighted by molar-refractivity contribution is 5.77. The quantitative estimate of drug-likeness (QED) is 0.819. The van der Waals surface area contributed by atoms with Gasteiger partial charge in [0.2, 0.25) is 0 Å². The molecule has 5 nitrogen and oxygen atoms in total. The number of nitrogens with zero attached hydrogens (tertiary/aromatic N) is 1. The first-order valence-electron chi connectivity index (χ1n) is 7.85. The largest absolute Gasteiger partial charge is 0.481 e. The Morgan fingerprint density at radius 3 is 2.29 bits per heavy atom. The molecule has 0 aromatic rings. The van der Waals surface area contributed by atoms with Gasteiger partial charge in [-0.2, -0.15) is 0 Å². The van der Waals surface area contributed by atoms with Gasteiger partial charge >= 0.3 is 12.0 Å². The van der Waals surface area contributed by atoms with Crippen LogP contribution in [-0.2, 0) is 4.79 Å². The minimum atomic E-state index is -0.898. The molecular formula is C16H30N2O3. The molecule has 2 amide bonds. The predicted octanol–water partition coefficient (Wildman–Crippen LogP) is 3.10. The number of hydrogen-bond donors (Lipinski definition) is 2. The van der Waals surface area contributed by atoms with Crippen molar-refractivity contribution >= 4 is 12.0 Å². The molecule has 0 aliphatic heterocycles. The Kier molecular flexibility index (Phi) is 5.65. The maximum atomic E-state index is 12.2. The average molecular weight is 298 g/mol. The van der Waals surface area contributed by atoms with Crippen molar-refractivity contribution in [2.45, 2.75) is 65.8 Å². The Labute approximate surface area is 128 Å². The topological polar surface area (TPSA) is 69.6 Å². The fourth-order valence-corrected chi connectivity index (χ4v) is 2.68. The van der Waals surface area contributed by atoms with Gasteiger partial charge in [0, 0.05) is 19.6 Å². The highest BCUT2D eigenvalue weighted by Crippen LogP contribution is 2.36. The lowest BCUT2D eigenvalue weighted by atomic mass is 9.75. The van der Waals surface area contributed by atoms with E-state index in [0.717, 1.165) is 25.7 Å². The van der Waals surface area contributed by atoms with Crippen LogP contribution in [0.15, 0.2) is 0 Å². The SMILES string of the molecule is CCC(C)(CNC(=O)N(C)C1CCC(C)(C)CC1)C(=O)O. The van der Waals surface area contributed by atoms with E-state index in [-0.39, 0.29) is 18.6 Å². The molecule has 1 fully saturated rings. The summed E-state index contributed by atoms with van der Waals surface area (Å²) < 4.78 is 0. The van der Waals surface area contributed by atoms with Crippen LogP contribution in [0.5, 0.6) is 0 Å². The number of rotatable bonds is 5. The third-order valence-electron chi connectivity index (χ3n) is 5.10. The van der Waals surface area contributed by atoms with E-state index in [0.29, 0.717) is 11.8 Å². The lowest BCUT2D eigenvalue weighted by molar-refractivity contribution is -0.147. The van der Waals surface area contributed by atoms with Crippen LogP contribution in [-0.4, -0.2) is 41.6 Å². The van der Waals surface area contributed by atoms with Gasteiger partial charge in [-0.3, -0.25) is 4.79 Å². The zero-order chi connectivity index (χ0) is 16.3. The summed E-state index contributed by atoms with van der Waals surface area (Å²) in [5, 5.41) is 12.0. The van der Waals surface area contributed by atoms with Crippen molar-refractivity contribution in [3.63, 3.8) is 0 Å². The molecule has 0 radical (unpaired) electrons. The molecule has 1 aliphatic rings. The molecule has 1 aliphatic carbocycles. The standard InChI is InChI=1S/C16H30N2O3/c1-6-16(4,13(19)20)11-17-14(21)18(5)12-7-9-15(2,3)10-8-12/h12H,6-11H2,1-5H3,(H,17,21)(H,19,20). The van der Waals surface area contributed by atoms with Crippen LogP contribution < -0.4 is 5.32 Å². The van der Waals surface area contributed by atoms with Gasteiger partial charge < -0.3 is 15.3 Å². The summed E-state index contributed by atoms with van der Waals surface area (Å²) in [6.45, 7) is 8.19. The molecule has 0 aromatic heterocycles. The number of hydrogen-bond acceptors (Lipinski definition) is 2. The number of aliphatic carboxylic acids is 1. The number of carbonyl (C=O) groups excluding carboxylic acids is 1. The first-order chi connectivity index (χ1) is 9.61. The highest BCUT2D eigenvalue weighted by atomic mass is 16.4. The molecule has 0 spiro atoms. The highest BCUT2D eigenvalue weighted by Gasteiger charge is 2.34. The Morgan fingerprint density at radius 2 is 1.86 bits per heavy atom. The van der Waals surface area contributed by atoms with Gasteiger partial charge in [0.15, 0.2) is 0 Å². The van der Waals surface area contributed by atoms with E-state index in [4.69, 9.17) is 0 Å². The van der Waals surface area contributed by atoms with Crippen LogP contribution in [0, 0.1) is 10.8 Å². The van der Waals surface area contributed by atoms with Gasteiger partial charge in [-0.25, -0.2) is 4.79 Å². The molecule has 1 atom stereocenters. The summed E-state index contributed by atoms with van der Waals surface area (Å²) in [4.78, 5) is 25.2. The van der Waals surface area contributed by atoms with Crippen LogP contribution >= 0.6 is 0 Å². The average Bonchev–Trinajstić information content (AvgIpc) is 2.43. The van der Waals surface area contributed by atoms with E-state index in [1.165, 1.54) is 0 Å². The van der Waals surface area contributed by atoms with E-state index >= 15 is 0 Å². The van der Waals surface area contributed by atoms with Crippen molar-refractivity contribution in [1.82, 2.24) is 10.2 Å². The molecule has 2 N–H and O–H groups in total. The summed E-state index contributed by atoms with van der Waals surface area (Å²) in [5.41, 5.74) is -0.525. The molecular weight excluding hydrogens is 268 g/mol. The normalized spacial score (nSPS) is 21.4. The maximum absolute atomic E-state index is 12.2. The number of carboxylic acids is 1. The predicted molar refractivity (Wildman–Crippen MR) is 83.2 cm³/mol. The third kappa shape index (κ3) is 4.61.